The average molecular weight is 318 g/mol. The highest BCUT2D eigenvalue weighted by Gasteiger charge is 2.15. The van der Waals surface area contributed by atoms with E-state index in [4.69, 9.17) is 9.84 Å². The number of H-pyrrole nitrogens is 1. The lowest BCUT2D eigenvalue weighted by atomic mass is 10.0. The highest BCUT2D eigenvalue weighted by atomic mass is 16.5. The molecular formula is C19H14N2O3. The number of methoxy groups -OCH3 is 1. The number of carbonyl (C=O) groups is 1. The van der Waals surface area contributed by atoms with Crippen molar-refractivity contribution in [2.24, 2.45) is 0 Å². The zero-order valence-corrected chi connectivity index (χ0v) is 12.9. The summed E-state index contributed by atoms with van der Waals surface area (Å²) in [6.45, 7) is 0. The number of rotatable bonds is 3. The molecule has 0 unspecified atom stereocenters. The summed E-state index contributed by atoms with van der Waals surface area (Å²) in [5, 5.41) is 11.2. The number of hydrogen-bond acceptors (Lipinski definition) is 3. The quantitative estimate of drug-likeness (QED) is 0.596. The van der Waals surface area contributed by atoms with E-state index in [0.717, 1.165) is 16.3 Å². The lowest BCUT2D eigenvalue weighted by Gasteiger charge is -2.09. The maximum Gasteiger partial charge on any atom is 0.335 e. The maximum atomic E-state index is 11.1. The molecule has 1 heterocycles. The van der Waals surface area contributed by atoms with E-state index in [0.29, 0.717) is 22.6 Å². The number of imidazole rings is 1. The fourth-order valence-electron chi connectivity index (χ4n) is 2.93. The van der Waals surface area contributed by atoms with Gasteiger partial charge in [0, 0.05) is 0 Å². The molecule has 0 spiro atoms. The van der Waals surface area contributed by atoms with Crippen LogP contribution in [0.25, 0.3) is 33.2 Å². The molecule has 0 aliphatic carbocycles. The summed E-state index contributed by atoms with van der Waals surface area (Å²) in [6, 6.07) is 16.8. The van der Waals surface area contributed by atoms with E-state index >= 15 is 0 Å². The van der Waals surface area contributed by atoms with Gasteiger partial charge in [0.2, 0.25) is 0 Å². The molecule has 0 saturated heterocycles. The Labute approximate surface area is 137 Å². The third-order valence-corrected chi connectivity index (χ3v) is 4.08. The van der Waals surface area contributed by atoms with Gasteiger partial charge in [0.15, 0.2) is 0 Å². The second-order valence-electron chi connectivity index (χ2n) is 5.49. The van der Waals surface area contributed by atoms with Gasteiger partial charge in [-0.1, -0.05) is 30.3 Å². The van der Waals surface area contributed by atoms with Gasteiger partial charge in [0.25, 0.3) is 0 Å². The molecule has 24 heavy (non-hydrogen) atoms. The van der Waals surface area contributed by atoms with Crippen LogP contribution in [0.1, 0.15) is 10.4 Å². The zero-order valence-electron chi connectivity index (χ0n) is 12.9. The van der Waals surface area contributed by atoms with Crippen LogP contribution >= 0.6 is 0 Å². The first-order valence-electron chi connectivity index (χ1n) is 7.46. The van der Waals surface area contributed by atoms with E-state index in [1.165, 1.54) is 0 Å². The maximum absolute atomic E-state index is 11.1. The summed E-state index contributed by atoms with van der Waals surface area (Å²) >= 11 is 0. The van der Waals surface area contributed by atoms with Crippen LogP contribution in [-0.2, 0) is 0 Å². The Balaban J connectivity index is 2.00. The molecule has 0 aliphatic heterocycles. The number of nitrogens with zero attached hydrogens (tertiary/aromatic N) is 1. The molecule has 0 fully saturated rings. The van der Waals surface area contributed by atoms with Gasteiger partial charge >= 0.3 is 5.97 Å². The Hall–Kier alpha value is -3.34. The molecule has 1 aromatic heterocycles. The Bertz CT molecular complexity index is 1080. The summed E-state index contributed by atoms with van der Waals surface area (Å²) in [5.74, 6) is 0.406. The van der Waals surface area contributed by atoms with Gasteiger partial charge in [-0.25, -0.2) is 9.78 Å². The summed E-state index contributed by atoms with van der Waals surface area (Å²) in [6.07, 6.45) is 0. The van der Waals surface area contributed by atoms with E-state index in [2.05, 4.69) is 9.97 Å². The summed E-state index contributed by atoms with van der Waals surface area (Å²) in [7, 11) is 1.62. The predicted molar refractivity (Wildman–Crippen MR) is 92.5 cm³/mol. The molecule has 0 atom stereocenters. The molecule has 0 radical (unpaired) electrons. The number of aromatic amines is 1. The van der Waals surface area contributed by atoms with Crippen molar-refractivity contribution in [3.8, 4) is 17.1 Å². The molecular weight excluding hydrogens is 304 g/mol. The molecule has 4 aromatic rings. The third-order valence-electron chi connectivity index (χ3n) is 4.08. The molecule has 118 valence electrons. The molecule has 3 aromatic carbocycles. The molecule has 2 N–H and O–H groups in total. The molecule has 4 rings (SSSR count). The molecule has 5 nitrogen and oxygen atoms in total. The number of aromatic carboxylic acids is 1. The minimum atomic E-state index is -0.962. The Morgan fingerprint density at radius 1 is 1.12 bits per heavy atom. The lowest BCUT2D eigenvalue weighted by molar-refractivity contribution is 0.0697. The van der Waals surface area contributed by atoms with Crippen LogP contribution in [0.5, 0.6) is 5.75 Å². The molecule has 0 aliphatic rings. The molecule has 0 saturated carbocycles. The van der Waals surface area contributed by atoms with Gasteiger partial charge < -0.3 is 14.8 Å². The predicted octanol–water partition coefficient (Wildman–Crippen LogP) is 4.09. The first-order chi connectivity index (χ1) is 11.7. The third kappa shape index (κ3) is 2.18. The van der Waals surface area contributed by atoms with Crippen LogP contribution in [0.2, 0.25) is 0 Å². The van der Waals surface area contributed by atoms with Gasteiger partial charge in [-0.2, -0.15) is 0 Å². The number of aromatic nitrogens is 2. The molecule has 5 heteroatoms. The van der Waals surface area contributed by atoms with Crippen molar-refractivity contribution in [2.45, 2.75) is 0 Å². The fraction of sp³-hybridized carbons (Fsp3) is 0.0526. The number of ether oxygens (including phenoxy) is 1. The highest BCUT2D eigenvalue weighted by Crippen LogP contribution is 2.36. The number of carboxylic acid groups (broad SMARTS) is 1. The van der Waals surface area contributed by atoms with Crippen molar-refractivity contribution >= 4 is 27.8 Å². The van der Waals surface area contributed by atoms with Crippen molar-refractivity contribution in [3.63, 3.8) is 0 Å². The van der Waals surface area contributed by atoms with Crippen LogP contribution in [0.15, 0.2) is 54.6 Å². The largest absolute Gasteiger partial charge is 0.496 e. The molecule has 0 bridgehead atoms. The smallest absolute Gasteiger partial charge is 0.335 e. The second kappa shape index (κ2) is 5.38. The number of hydrogen-bond donors (Lipinski definition) is 2. The van der Waals surface area contributed by atoms with Crippen molar-refractivity contribution in [1.82, 2.24) is 9.97 Å². The van der Waals surface area contributed by atoms with Crippen LogP contribution in [0.4, 0.5) is 0 Å². The fourth-order valence-corrected chi connectivity index (χ4v) is 2.93. The standard InChI is InChI=1S/C19H14N2O3/c1-24-16-9-7-11-4-2-3-5-13(11)17(16)18-20-14-8-6-12(19(22)23)10-15(14)21-18/h2-10H,1H3,(H,20,21)(H,22,23). The topological polar surface area (TPSA) is 75.2 Å². The van der Waals surface area contributed by atoms with Crippen molar-refractivity contribution in [1.29, 1.82) is 0 Å². The minimum absolute atomic E-state index is 0.225. The van der Waals surface area contributed by atoms with Crippen molar-refractivity contribution < 1.29 is 14.6 Å². The monoisotopic (exact) mass is 318 g/mol. The van der Waals surface area contributed by atoms with Crippen LogP contribution in [0.3, 0.4) is 0 Å². The zero-order chi connectivity index (χ0) is 16.7. The number of fused-ring (bicyclic) bond motifs is 2. The first kappa shape index (κ1) is 14.3. The lowest BCUT2D eigenvalue weighted by Crippen LogP contribution is -1.94. The van der Waals surface area contributed by atoms with Gasteiger partial charge in [-0.3, -0.25) is 0 Å². The average Bonchev–Trinajstić information content (AvgIpc) is 3.03. The van der Waals surface area contributed by atoms with E-state index in [9.17, 15) is 4.79 Å². The number of nitrogens with one attached hydrogen (secondary N) is 1. The van der Waals surface area contributed by atoms with Crippen molar-refractivity contribution in [2.75, 3.05) is 7.11 Å². The van der Waals surface area contributed by atoms with E-state index in [-0.39, 0.29) is 5.56 Å². The van der Waals surface area contributed by atoms with Gasteiger partial charge in [-0.05, 0) is 35.0 Å². The molecule has 0 amide bonds. The van der Waals surface area contributed by atoms with E-state index < -0.39 is 5.97 Å². The van der Waals surface area contributed by atoms with Crippen LogP contribution in [0, 0.1) is 0 Å². The first-order valence-corrected chi connectivity index (χ1v) is 7.46. The summed E-state index contributed by atoms with van der Waals surface area (Å²) < 4.78 is 5.51. The highest BCUT2D eigenvalue weighted by molar-refractivity contribution is 6.00. The van der Waals surface area contributed by atoms with Crippen molar-refractivity contribution in [3.05, 3.63) is 60.2 Å². The summed E-state index contributed by atoms with van der Waals surface area (Å²) in [5.41, 5.74) is 2.48. The Morgan fingerprint density at radius 2 is 1.96 bits per heavy atom. The minimum Gasteiger partial charge on any atom is -0.496 e. The number of benzene rings is 3. The second-order valence-corrected chi connectivity index (χ2v) is 5.49. The van der Waals surface area contributed by atoms with E-state index in [1.54, 1.807) is 25.3 Å². The van der Waals surface area contributed by atoms with Gasteiger partial charge in [0.1, 0.15) is 11.6 Å². The Kier molecular flexibility index (Phi) is 3.20. The van der Waals surface area contributed by atoms with E-state index in [1.807, 2.05) is 36.4 Å². The van der Waals surface area contributed by atoms with Gasteiger partial charge in [0.05, 0.1) is 29.3 Å². The van der Waals surface area contributed by atoms with Crippen LogP contribution in [-0.4, -0.2) is 28.2 Å². The summed E-state index contributed by atoms with van der Waals surface area (Å²) in [4.78, 5) is 19.0. The SMILES string of the molecule is COc1ccc2ccccc2c1-c1nc2ccc(C(=O)O)cc2[nH]1. The van der Waals surface area contributed by atoms with Gasteiger partial charge in [-0.15, -0.1) is 0 Å². The van der Waals surface area contributed by atoms with Crippen LogP contribution < -0.4 is 4.74 Å². The number of carboxylic acids is 1. The normalized spacial score (nSPS) is 11.0. The Morgan fingerprint density at radius 3 is 2.75 bits per heavy atom.